The number of nitrogen functional groups attached to an aromatic ring is 1. The molecule has 0 radical (unpaired) electrons. The molecule has 0 aliphatic carbocycles. The van der Waals surface area contributed by atoms with Crippen LogP contribution < -0.4 is 5.73 Å². The molecule has 4 nitrogen and oxygen atoms in total. The first-order chi connectivity index (χ1) is 9.65. The first-order valence-electron chi connectivity index (χ1n) is 6.17. The maximum atomic E-state index is 5.99. The Hall–Kier alpha value is -2.14. The van der Waals surface area contributed by atoms with Gasteiger partial charge in [-0.15, -0.1) is 0 Å². The number of pyridine rings is 1. The molecule has 0 spiro atoms. The van der Waals surface area contributed by atoms with Crippen molar-refractivity contribution >= 4 is 21.6 Å². The molecule has 2 N–H and O–H groups in total. The van der Waals surface area contributed by atoms with Crippen molar-refractivity contribution in [2.24, 2.45) is 0 Å². The van der Waals surface area contributed by atoms with Gasteiger partial charge in [0, 0.05) is 33.7 Å². The second-order valence-electron chi connectivity index (χ2n) is 4.55. The lowest BCUT2D eigenvalue weighted by molar-refractivity contribution is 0.837. The summed E-state index contributed by atoms with van der Waals surface area (Å²) in [7, 11) is 0. The molecule has 0 unspecified atom stereocenters. The van der Waals surface area contributed by atoms with Gasteiger partial charge in [0.1, 0.15) is 0 Å². The average molecular weight is 329 g/mol. The molecule has 20 heavy (non-hydrogen) atoms. The van der Waals surface area contributed by atoms with Gasteiger partial charge in [-0.1, -0.05) is 18.2 Å². The van der Waals surface area contributed by atoms with Gasteiger partial charge < -0.3 is 5.73 Å². The van der Waals surface area contributed by atoms with E-state index in [9.17, 15) is 0 Å². The maximum Gasteiger partial charge on any atom is 0.156 e. The second-order valence-corrected chi connectivity index (χ2v) is 5.47. The molecule has 0 atom stereocenters. The van der Waals surface area contributed by atoms with Crippen molar-refractivity contribution in [1.29, 1.82) is 0 Å². The minimum atomic E-state index is 0.743. The molecule has 0 bridgehead atoms. The van der Waals surface area contributed by atoms with E-state index in [0.29, 0.717) is 0 Å². The molecule has 0 aliphatic heterocycles. The van der Waals surface area contributed by atoms with Crippen LogP contribution in [0.15, 0.2) is 53.4 Å². The van der Waals surface area contributed by atoms with Crippen LogP contribution in [-0.2, 0) is 0 Å². The zero-order chi connectivity index (χ0) is 14.1. The monoisotopic (exact) mass is 328 g/mol. The minimum Gasteiger partial charge on any atom is -0.398 e. The van der Waals surface area contributed by atoms with Gasteiger partial charge in [-0.05, 0) is 40.5 Å². The van der Waals surface area contributed by atoms with Crippen LogP contribution in [0.25, 0.3) is 16.9 Å². The number of rotatable bonds is 2. The van der Waals surface area contributed by atoms with Crippen molar-refractivity contribution in [2.75, 3.05) is 5.73 Å². The summed E-state index contributed by atoms with van der Waals surface area (Å²) in [5.74, 6) is 0.814. The summed E-state index contributed by atoms with van der Waals surface area (Å²) < 4.78 is 2.72. The van der Waals surface area contributed by atoms with Crippen LogP contribution in [0.4, 0.5) is 5.69 Å². The maximum absolute atomic E-state index is 5.99. The molecule has 0 aliphatic rings. The van der Waals surface area contributed by atoms with Crippen LogP contribution in [0.2, 0.25) is 0 Å². The largest absolute Gasteiger partial charge is 0.398 e. The van der Waals surface area contributed by atoms with Gasteiger partial charge in [0.25, 0.3) is 0 Å². The van der Waals surface area contributed by atoms with E-state index in [1.54, 1.807) is 17.1 Å². The van der Waals surface area contributed by atoms with Crippen LogP contribution in [0.1, 0.15) is 5.56 Å². The standard InChI is InChI=1S/C15H13BrN4/c1-10-6-12(16)8-18-15(10)20-9-11(7-19-20)13-4-2-3-5-14(13)17/h2-9H,17H2,1H3. The van der Waals surface area contributed by atoms with E-state index in [1.807, 2.05) is 43.5 Å². The third-order valence-corrected chi connectivity index (χ3v) is 3.52. The molecule has 5 heteroatoms. The van der Waals surface area contributed by atoms with E-state index >= 15 is 0 Å². The van der Waals surface area contributed by atoms with Crippen molar-refractivity contribution in [3.63, 3.8) is 0 Å². The van der Waals surface area contributed by atoms with Crippen molar-refractivity contribution in [1.82, 2.24) is 14.8 Å². The number of nitrogens with two attached hydrogens (primary N) is 1. The number of aromatic nitrogens is 3. The molecular formula is C15H13BrN4. The quantitative estimate of drug-likeness (QED) is 0.731. The molecule has 0 saturated heterocycles. The summed E-state index contributed by atoms with van der Waals surface area (Å²) in [6.45, 7) is 2.01. The fraction of sp³-hybridized carbons (Fsp3) is 0.0667. The Balaban J connectivity index is 2.04. The molecule has 2 heterocycles. The van der Waals surface area contributed by atoms with Crippen molar-refractivity contribution in [3.8, 4) is 16.9 Å². The van der Waals surface area contributed by atoms with Crippen LogP contribution in [-0.4, -0.2) is 14.8 Å². The van der Waals surface area contributed by atoms with Crippen molar-refractivity contribution in [2.45, 2.75) is 6.92 Å². The Morgan fingerprint density at radius 1 is 1.20 bits per heavy atom. The molecule has 3 aromatic rings. The van der Waals surface area contributed by atoms with Gasteiger partial charge in [-0.2, -0.15) is 5.10 Å². The normalized spacial score (nSPS) is 10.7. The van der Waals surface area contributed by atoms with Gasteiger partial charge in [0.2, 0.25) is 0 Å². The number of anilines is 1. The fourth-order valence-corrected chi connectivity index (χ4v) is 2.56. The summed E-state index contributed by atoms with van der Waals surface area (Å²) in [6.07, 6.45) is 5.50. The second kappa shape index (κ2) is 5.09. The minimum absolute atomic E-state index is 0.743. The number of halogens is 1. The highest BCUT2D eigenvalue weighted by molar-refractivity contribution is 9.10. The van der Waals surface area contributed by atoms with Crippen molar-refractivity contribution in [3.05, 3.63) is 59.0 Å². The topological polar surface area (TPSA) is 56.7 Å². The zero-order valence-electron chi connectivity index (χ0n) is 10.9. The fourth-order valence-electron chi connectivity index (χ4n) is 2.11. The molecule has 0 fully saturated rings. The van der Waals surface area contributed by atoms with E-state index in [2.05, 4.69) is 26.0 Å². The number of aryl methyl sites for hydroxylation is 1. The summed E-state index contributed by atoms with van der Waals surface area (Å²) in [5, 5.41) is 4.38. The third-order valence-electron chi connectivity index (χ3n) is 3.09. The Labute approximate surface area is 125 Å². The summed E-state index contributed by atoms with van der Waals surface area (Å²) in [5.41, 5.74) is 9.74. The van der Waals surface area contributed by atoms with Crippen LogP contribution >= 0.6 is 15.9 Å². The zero-order valence-corrected chi connectivity index (χ0v) is 12.5. The van der Waals surface area contributed by atoms with Gasteiger partial charge in [-0.3, -0.25) is 0 Å². The van der Waals surface area contributed by atoms with E-state index in [0.717, 1.165) is 32.7 Å². The average Bonchev–Trinajstić information content (AvgIpc) is 2.88. The Morgan fingerprint density at radius 3 is 2.75 bits per heavy atom. The van der Waals surface area contributed by atoms with Crippen LogP contribution in [0.3, 0.4) is 0 Å². The first kappa shape index (κ1) is 12.9. The first-order valence-corrected chi connectivity index (χ1v) is 6.96. The SMILES string of the molecule is Cc1cc(Br)cnc1-n1cc(-c2ccccc2N)cn1. The number of benzene rings is 1. The van der Waals surface area contributed by atoms with Crippen molar-refractivity contribution < 1.29 is 0 Å². The van der Waals surface area contributed by atoms with Crippen LogP contribution in [0, 0.1) is 6.92 Å². The van der Waals surface area contributed by atoms with Crippen LogP contribution in [0.5, 0.6) is 0 Å². The van der Waals surface area contributed by atoms with E-state index in [4.69, 9.17) is 5.73 Å². The van der Waals surface area contributed by atoms with E-state index in [-0.39, 0.29) is 0 Å². The molecule has 100 valence electrons. The highest BCUT2D eigenvalue weighted by Gasteiger charge is 2.08. The molecule has 0 amide bonds. The lowest BCUT2D eigenvalue weighted by Gasteiger charge is -2.05. The molecule has 2 aromatic heterocycles. The smallest absolute Gasteiger partial charge is 0.156 e. The molecule has 0 saturated carbocycles. The van der Waals surface area contributed by atoms with E-state index in [1.165, 1.54) is 0 Å². The lowest BCUT2D eigenvalue weighted by Crippen LogP contribution is -2.00. The Morgan fingerprint density at radius 2 is 2.00 bits per heavy atom. The van der Waals surface area contributed by atoms with Gasteiger partial charge in [0.15, 0.2) is 5.82 Å². The van der Waals surface area contributed by atoms with Gasteiger partial charge in [-0.25, -0.2) is 9.67 Å². The molecule has 1 aromatic carbocycles. The Kier molecular flexibility index (Phi) is 3.28. The summed E-state index contributed by atoms with van der Waals surface area (Å²) >= 11 is 3.41. The van der Waals surface area contributed by atoms with Gasteiger partial charge >= 0.3 is 0 Å². The van der Waals surface area contributed by atoms with Gasteiger partial charge in [0.05, 0.1) is 6.20 Å². The predicted molar refractivity (Wildman–Crippen MR) is 83.6 cm³/mol. The number of hydrogen-bond donors (Lipinski definition) is 1. The number of hydrogen-bond acceptors (Lipinski definition) is 3. The Bertz CT molecular complexity index is 764. The predicted octanol–water partition coefficient (Wildman–Crippen LogP) is 3.59. The molecular weight excluding hydrogens is 316 g/mol. The highest BCUT2D eigenvalue weighted by Crippen LogP contribution is 2.26. The lowest BCUT2D eigenvalue weighted by atomic mass is 10.1. The molecule has 3 rings (SSSR count). The highest BCUT2D eigenvalue weighted by atomic mass is 79.9. The summed E-state index contributed by atoms with van der Waals surface area (Å²) in [6, 6.07) is 9.77. The summed E-state index contributed by atoms with van der Waals surface area (Å²) in [4.78, 5) is 4.40. The number of para-hydroxylation sites is 1. The number of nitrogens with zero attached hydrogens (tertiary/aromatic N) is 3. The van der Waals surface area contributed by atoms with E-state index < -0.39 is 0 Å². The third kappa shape index (κ3) is 2.32.